The van der Waals surface area contributed by atoms with Gasteiger partial charge in [0.2, 0.25) is 5.91 Å². The maximum atomic E-state index is 13.3. The zero-order valence-corrected chi connectivity index (χ0v) is 49.5. The van der Waals surface area contributed by atoms with Gasteiger partial charge in [-0.25, -0.2) is 0 Å². The third-order valence-corrected chi connectivity index (χ3v) is 15.9. The molecular formula is C62H113NO18. The minimum atomic E-state index is -1.98. The number of amides is 1. The summed E-state index contributed by atoms with van der Waals surface area (Å²) in [5, 5.41) is 120. The van der Waals surface area contributed by atoms with E-state index in [1.54, 1.807) is 6.08 Å². The van der Waals surface area contributed by atoms with E-state index in [0.29, 0.717) is 12.8 Å². The molecule has 0 aromatic heterocycles. The number of ether oxygens (including phenoxy) is 6. The monoisotopic (exact) mass is 1160 g/mol. The summed E-state index contributed by atoms with van der Waals surface area (Å²) < 4.78 is 34.2. The quantitative estimate of drug-likeness (QED) is 0.0229. The number of allylic oxidation sites excluding steroid dienone is 5. The Morgan fingerprint density at radius 1 is 0.432 bits per heavy atom. The zero-order valence-electron chi connectivity index (χ0n) is 49.5. The van der Waals surface area contributed by atoms with Crippen LogP contribution in [-0.2, 0) is 33.2 Å². The van der Waals surface area contributed by atoms with Gasteiger partial charge in [-0.2, -0.15) is 0 Å². The maximum Gasteiger partial charge on any atom is 0.220 e. The predicted octanol–water partition coefficient (Wildman–Crippen LogP) is 6.49. The predicted molar refractivity (Wildman–Crippen MR) is 309 cm³/mol. The Hall–Kier alpha value is -1.99. The lowest BCUT2D eigenvalue weighted by atomic mass is 9.96. The van der Waals surface area contributed by atoms with Crippen molar-refractivity contribution >= 4 is 5.91 Å². The maximum absolute atomic E-state index is 13.3. The number of unbranched alkanes of at least 4 members (excludes halogenated alkanes) is 27. The normalized spacial score (nSPS) is 30.0. The Labute approximate surface area is 485 Å². The molecule has 0 bridgehead atoms. The van der Waals surface area contributed by atoms with E-state index in [0.717, 1.165) is 44.9 Å². The third kappa shape index (κ3) is 28.8. The lowest BCUT2D eigenvalue weighted by molar-refractivity contribution is -0.379. The summed E-state index contributed by atoms with van der Waals surface area (Å²) in [6.45, 7) is 1.67. The lowest BCUT2D eigenvalue weighted by Gasteiger charge is -2.48. The molecule has 81 heavy (non-hydrogen) atoms. The van der Waals surface area contributed by atoms with Gasteiger partial charge in [-0.1, -0.05) is 204 Å². The zero-order chi connectivity index (χ0) is 59.0. The lowest BCUT2D eigenvalue weighted by Crippen LogP contribution is -2.66. The van der Waals surface area contributed by atoms with Crippen molar-refractivity contribution in [2.45, 2.75) is 324 Å². The number of nitrogens with one attached hydrogen (secondary N) is 1. The molecule has 19 heteroatoms. The first kappa shape index (κ1) is 73.3. The van der Waals surface area contributed by atoms with Crippen molar-refractivity contribution in [1.82, 2.24) is 5.32 Å². The summed E-state index contributed by atoms with van der Waals surface area (Å²) in [6.07, 6.45) is 22.8. The van der Waals surface area contributed by atoms with Crippen molar-refractivity contribution in [3.63, 3.8) is 0 Å². The van der Waals surface area contributed by atoms with Crippen molar-refractivity contribution in [3.05, 3.63) is 36.5 Å². The standard InChI is InChI=1S/C62H113NO18/c1-3-5-7-9-11-13-15-17-18-19-20-21-22-23-24-25-26-28-30-32-34-36-38-40-50(68)63-45(46(67)39-37-35-33-31-29-27-16-14-12-10-8-6-4-2)44-76-60-56(74)53(71)58(48(42-65)78-60)81-62-57(75)54(72)59(49(43-66)79-62)80-61-55(73)52(70)51(69)47(41-64)77-61/h12,14,29,31,37,39,45-49,51-62,64-67,69-75H,3-11,13,15-28,30,32-36,38,40-44H2,1-2H3,(H,63,68)/b14-12+,31-29+,39-37+. The van der Waals surface area contributed by atoms with E-state index in [1.807, 2.05) is 6.08 Å². The van der Waals surface area contributed by atoms with Gasteiger partial charge in [0.15, 0.2) is 18.9 Å². The number of carbonyl (C=O) groups is 1. The molecule has 3 heterocycles. The van der Waals surface area contributed by atoms with Crippen LogP contribution in [0.15, 0.2) is 36.5 Å². The molecular weight excluding hydrogens is 1050 g/mol. The van der Waals surface area contributed by atoms with Gasteiger partial charge in [-0.3, -0.25) is 4.79 Å². The molecule has 19 nitrogen and oxygen atoms in total. The van der Waals surface area contributed by atoms with Crippen LogP contribution in [0.25, 0.3) is 0 Å². The summed E-state index contributed by atoms with van der Waals surface area (Å²) in [7, 11) is 0. The molecule has 3 fully saturated rings. The second-order valence-electron chi connectivity index (χ2n) is 22.9. The van der Waals surface area contributed by atoms with Gasteiger partial charge in [0.05, 0.1) is 38.6 Å². The fraction of sp³-hybridized carbons (Fsp3) is 0.887. The van der Waals surface area contributed by atoms with Crippen LogP contribution in [0.5, 0.6) is 0 Å². The Balaban J connectivity index is 1.46. The van der Waals surface area contributed by atoms with E-state index < -0.39 is 124 Å². The van der Waals surface area contributed by atoms with Gasteiger partial charge in [0, 0.05) is 6.42 Å². The second-order valence-corrected chi connectivity index (χ2v) is 22.9. The van der Waals surface area contributed by atoms with Crippen LogP contribution in [0.1, 0.15) is 219 Å². The van der Waals surface area contributed by atoms with Crippen LogP contribution in [-0.4, -0.2) is 193 Å². The van der Waals surface area contributed by atoms with E-state index in [9.17, 15) is 61.0 Å². The van der Waals surface area contributed by atoms with Crippen LogP contribution in [0.3, 0.4) is 0 Å². The molecule has 474 valence electrons. The molecule has 0 aromatic carbocycles. The summed E-state index contributed by atoms with van der Waals surface area (Å²) in [5.41, 5.74) is 0. The minimum absolute atomic E-state index is 0.235. The molecule has 17 atom stereocenters. The highest BCUT2D eigenvalue weighted by molar-refractivity contribution is 5.76. The number of rotatable bonds is 47. The van der Waals surface area contributed by atoms with Crippen LogP contribution in [0.2, 0.25) is 0 Å². The van der Waals surface area contributed by atoms with Crippen molar-refractivity contribution in [3.8, 4) is 0 Å². The Morgan fingerprint density at radius 3 is 1.23 bits per heavy atom. The smallest absolute Gasteiger partial charge is 0.220 e. The number of aliphatic hydroxyl groups is 11. The van der Waals surface area contributed by atoms with Gasteiger partial charge < -0.3 is 89.9 Å². The highest BCUT2D eigenvalue weighted by Crippen LogP contribution is 2.33. The van der Waals surface area contributed by atoms with Gasteiger partial charge in [0.25, 0.3) is 0 Å². The van der Waals surface area contributed by atoms with E-state index >= 15 is 0 Å². The first-order valence-electron chi connectivity index (χ1n) is 31.7. The van der Waals surface area contributed by atoms with Crippen LogP contribution in [0.4, 0.5) is 0 Å². The molecule has 0 spiro atoms. The number of hydrogen-bond acceptors (Lipinski definition) is 18. The average Bonchev–Trinajstić information content (AvgIpc) is 3.57. The van der Waals surface area contributed by atoms with Crippen LogP contribution >= 0.6 is 0 Å². The first-order valence-corrected chi connectivity index (χ1v) is 31.7. The highest BCUT2D eigenvalue weighted by Gasteiger charge is 2.53. The average molecular weight is 1160 g/mol. The number of hydrogen-bond donors (Lipinski definition) is 12. The molecule has 3 saturated heterocycles. The molecule has 17 unspecified atom stereocenters. The van der Waals surface area contributed by atoms with Gasteiger partial charge in [-0.05, 0) is 44.9 Å². The summed E-state index contributed by atoms with van der Waals surface area (Å²) in [5.74, 6) is -0.288. The molecule has 3 rings (SSSR count). The van der Waals surface area contributed by atoms with Crippen LogP contribution < -0.4 is 5.32 Å². The third-order valence-electron chi connectivity index (χ3n) is 15.9. The molecule has 1 amide bonds. The summed E-state index contributed by atoms with van der Waals surface area (Å²) in [4.78, 5) is 13.3. The Kier molecular flexibility index (Phi) is 41.0. The van der Waals surface area contributed by atoms with Crippen LogP contribution in [0, 0.1) is 0 Å². The van der Waals surface area contributed by atoms with Crippen molar-refractivity contribution < 1.29 is 89.4 Å². The van der Waals surface area contributed by atoms with Gasteiger partial charge in [0.1, 0.15) is 73.2 Å². The van der Waals surface area contributed by atoms with Gasteiger partial charge in [-0.15, -0.1) is 0 Å². The van der Waals surface area contributed by atoms with Gasteiger partial charge >= 0.3 is 0 Å². The largest absolute Gasteiger partial charge is 0.394 e. The topological polar surface area (TPSA) is 307 Å². The van der Waals surface area contributed by atoms with E-state index in [4.69, 9.17) is 28.4 Å². The number of aliphatic hydroxyl groups excluding tert-OH is 11. The molecule has 0 saturated carbocycles. The van der Waals surface area contributed by atoms with E-state index in [1.165, 1.54) is 141 Å². The molecule has 0 radical (unpaired) electrons. The molecule has 0 aliphatic carbocycles. The molecule has 3 aliphatic heterocycles. The summed E-state index contributed by atoms with van der Waals surface area (Å²) >= 11 is 0. The molecule has 3 aliphatic rings. The van der Waals surface area contributed by atoms with Crippen molar-refractivity contribution in [2.24, 2.45) is 0 Å². The second kappa shape index (κ2) is 45.3. The first-order chi connectivity index (χ1) is 39.3. The SMILES string of the molecule is CCCCC/C=C/CC/C=C/CC/C=C/C(O)C(COC1OC(CO)C(OC2OC(CO)C(OC3OC(CO)C(O)C(O)C3O)C(O)C2O)C(O)C1O)NC(=O)CCCCCCCCCCCCCCCCCCCCCCCCC. The fourth-order valence-corrected chi connectivity index (χ4v) is 10.7. The van der Waals surface area contributed by atoms with Crippen molar-refractivity contribution in [2.75, 3.05) is 26.4 Å². The minimum Gasteiger partial charge on any atom is -0.394 e. The van der Waals surface area contributed by atoms with E-state index in [2.05, 4.69) is 43.5 Å². The van der Waals surface area contributed by atoms with E-state index in [-0.39, 0.29) is 18.9 Å². The Bertz CT molecular complexity index is 1620. The molecule has 0 aromatic rings. The Morgan fingerprint density at radius 2 is 0.790 bits per heavy atom. The molecule has 12 N–H and O–H groups in total. The summed E-state index contributed by atoms with van der Waals surface area (Å²) in [6, 6.07) is -0.992. The highest BCUT2D eigenvalue weighted by atomic mass is 16.8. The fourth-order valence-electron chi connectivity index (χ4n) is 10.7. The van der Waals surface area contributed by atoms with Crippen molar-refractivity contribution in [1.29, 1.82) is 0 Å². The number of carbonyl (C=O) groups excluding carboxylic acids is 1.